The van der Waals surface area contributed by atoms with Gasteiger partial charge >= 0.3 is 0 Å². The molecule has 0 aliphatic heterocycles. The van der Waals surface area contributed by atoms with Crippen LogP contribution in [0.25, 0.3) is 0 Å². The molecule has 0 unspecified atom stereocenters. The molecule has 150 valence electrons. The fourth-order valence-electron chi connectivity index (χ4n) is 2.70. The lowest BCUT2D eigenvalue weighted by atomic mass is 10.2. The van der Waals surface area contributed by atoms with Gasteiger partial charge in [0.1, 0.15) is 5.75 Å². The highest BCUT2D eigenvalue weighted by Crippen LogP contribution is 2.24. The normalized spacial score (nSPS) is 11.0. The Morgan fingerprint density at radius 3 is 2.21 bits per heavy atom. The van der Waals surface area contributed by atoms with Crippen LogP contribution in [0.15, 0.2) is 83.8 Å². The lowest BCUT2D eigenvalue weighted by Gasteiger charge is -2.18. The second kappa shape index (κ2) is 8.79. The number of sulfonamides is 1. The molecule has 0 saturated heterocycles. The van der Waals surface area contributed by atoms with Gasteiger partial charge in [0, 0.05) is 18.4 Å². The van der Waals surface area contributed by atoms with Crippen LogP contribution in [0, 0.1) is 6.92 Å². The number of carbonyl (C=O) groups is 1. The Bertz CT molecular complexity index is 1080. The van der Waals surface area contributed by atoms with Gasteiger partial charge in [-0.25, -0.2) is 8.42 Å². The Balaban J connectivity index is 1.67. The summed E-state index contributed by atoms with van der Waals surface area (Å²) in [6.07, 6.45) is 0. The molecule has 0 aliphatic rings. The molecule has 0 heterocycles. The number of rotatable bonds is 7. The van der Waals surface area contributed by atoms with Gasteiger partial charge in [-0.1, -0.05) is 36.4 Å². The van der Waals surface area contributed by atoms with E-state index in [-0.39, 0.29) is 17.4 Å². The number of hydrogen-bond acceptors (Lipinski definition) is 4. The van der Waals surface area contributed by atoms with Gasteiger partial charge in [-0.3, -0.25) is 9.52 Å². The first-order valence-corrected chi connectivity index (χ1v) is 10.5. The van der Waals surface area contributed by atoms with E-state index in [1.165, 1.54) is 17.0 Å². The fraction of sp³-hybridized carbons (Fsp3) is 0.136. The van der Waals surface area contributed by atoms with E-state index in [9.17, 15) is 13.2 Å². The molecule has 3 aromatic carbocycles. The Labute approximate surface area is 170 Å². The molecular formula is C22H22N2O4S. The average molecular weight is 410 g/mol. The van der Waals surface area contributed by atoms with Gasteiger partial charge in [0.25, 0.3) is 15.9 Å². The van der Waals surface area contributed by atoms with Crippen molar-refractivity contribution >= 4 is 27.3 Å². The monoisotopic (exact) mass is 410 g/mol. The highest BCUT2D eigenvalue weighted by molar-refractivity contribution is 7.92. The third-order valence-corrected chi connectivity index (χ3v) is 5.73. The molecule has 1 amide bonds. The molecule has 6 nitrogen and oxygen atoms in total. The molecule has 7 heteroatoms. The number of benzene rings is 3. The Hall–Kier alpha value is -3.32. The zero-order valence-corrected chi connectivity index (χ0v) is 17.0. The largest absolute Gasteiger partial charge is 0.483 e. The van der Waals surface area contributed by atoms with Crippen molar-refractivity contribution in [3.8, 4) is 5.75 Å². The van der Waals surface area contributed by atoms with E-state index in [1.54, 1.807) is 44.3 Å². The second-order valence-electron chi connectivity index (χ2n) is 6.48. The first-order valence-electron chi connectivity index (χ1n) is 9.00. The van der Waals surface area contributed by atoms with E-state index in [0.29, 0.717) is 17.0 Å². The summed E-state index contributed by atoms with van der Waals surface area (Å²) in [6.45, 7) is 1.59. The SMILES string of the molecule is Cc1cc(S(=O)(=O)Nc2ccccc2)ccc1OCC(=O)N(C)c1ccccc1. The molecule has 0 aromatic heterocycles. The summed E-state index contributed by atoms with van der Waals surface area (Å²) in [7, 11) is -2.03. The van der Waals surface area contributed by atoms with Gasteiger partial charge < -0.3 is 9.64 Å². The molecule has 0 radical (unpaired) electrons. The van der Waals surface area contributed by atoms with E-state index in [4.69, 9.17) is 4.74 Å². The lowest BCUT2D eigenvalue weighted by molar-refractivity contribution is -0.120. The van der Waals surface area contributed by atoms with E-state index >= 15 is 0 Å². The van der Waals surface area contributed by atoms with Crippen LogP contribution < -0.4 is 14.4 Å². The van der Waals surface area contributed by atoms with Crippen LogP contribution in [0.2, 0.25) is 0 Å². The number of anilines is 2. The van der Waals surface area contributed by atoms with Gasteiger partial charge in [-0.2, -0.15) is 0 Å². The van der Waals surface area contributed by atoms with Gasteiger partial charge in [-0.05, 0) is 55.0 Å². The van der Waals surface area contributed by atoms with Gasteiger partial charge in [-0.15, -0.1) is 0 Å². The van der Waals surface area contributed by atoms with Gasteiger partial charge in [0.05, 0.1) is 4.90 Å². The number of nitrogens with zero attached hydrogens (tertiary/aromatic N) is 1. The summed E-state index contributed by atoms with van der Waals surface area (Å²) in [5.74, 6) is 0.247. The van der Waals surface area contributed by atoms with Crippen molar-refractivity contribution in [3.05, 3.63) is 84.4 Å². The maximum atomic E-state index is 12.6. The number of aryl methyl sites for hydroxylation is 1. The summed E-state index contributed by atoms with van der Waals surface area (Å²) in [5.41, 5.74) is 1.88. The third-order valence-electron chi connectivity index (χ3n) is 4.35. The Morgan fingerprint density at radius 2 is 1.59 bits per heavy atom. The number of likely N-dealkylation sites (N-methyl/N-ethyl adjacent to an activating group) is 1. The molecule has 0 aliphatic carbocycles. The van der Waals surface area contributed by atoms with E-state index in [1.807, 2.05) is 36.4 Å². The standard InChI is InChI=1S/C22H22N2O4S/c1-17-15-20(29(26,27)23-18-9-5-3-6-10-18)13-14-21(17)28-16-22(25)24(2)19-11-7-4-8-12-19/h3-15,23H,16H2,1-2H3. The van der Waals surface area contributed by atoms with Crippen molar-refractivity contribution < 1.29 is 17.9 Å². The van der Waals surface area contributed by atoms with E-state index in [2.05, 4.69) is 4.72 Å². The van der Waals surface area contributed by atoms with Crippen LogP contribution in [-0.4, -0.2) is 28.0 Å². The summed E-state index contributed by atoms with van der Waals surface area (Å²) < 4.78 is 33.3. The number of para-hydroxylation sites is 2. The predicted octanol–water partition coefficient (Wildman–Crippen LogP) is 3.84. The van der Waals surface area contributed by atoms with Crippen LogP contribution in [0.5, 0.6) is 5.75 Å². The number of carbonyl (C=O) groups excluding carboxylic acids is 1. The van der Waals surface area contributed by atoms with Crippen molar-refractivity contribution in [2.75, 3.05) is 23.3 Å². The molecule has 29 heavy (non-hydrogen) atoms. The number of hydrogen-bond donors (Lipinski definition) is 1. The highest BCUT2D eigenvalue weighted by atomic mass is 32.2. The molecule has 0 spiro atoms. The molecule has 0 atom stereocenters. The van der Waals surface area contributed by atoms with Crippen molar-refractivity contribution in [2.24, 2.45) is 0 Å². The summed E-state index contributed by atoms with van der Waals surface area (Å²) >= 11 is 0. The minimum absolute atomic E-state index is 0.124. The summed E-state index contributed by atoms with van der Waals surface area (Å²) in [4.78, 5) is 14.0. The molecular weight excluding hydrogens is 388 g/mol. The van der Waals surface area contributed by atoms with Crippen molar-refractivity contribution in [2.45, 2.75) is 11.8 Å². The number of nitrogens with one attached hydrogen (secondary N) is 1. The zero-order valence-electron chi connectivity index (χ0n) is 16.2. The molecule has 0 fully saturated rings. The zero-order chi connectivity index (χ0) is 20.9. The maximum Gasteiger partial charge on any atom is 0.264 e. The highest BCUT2D eigenvalue weighted by Gasteiger charge is 2.17. The molecule has 3 aromatic rings. The van der Waals surface area contributed by atoms with E-state index < -0.39 is 10.0 Å². The second-order valence-corrected chi connectivity index (χ2v) is 8.16. The lowest BCUT2D eigenvalue weighted by Crippen LogP contribution is -2.31. The van der Waals surface area contributed by atoms with Crippen LogP contribution in [-0.2, 0) is 14.8 Å². The third kappa shape index (κ3) is 5.14. The summed E-state index contributed by atoms with van der Waals surface area (Å²) in [6, 6.07) is 22.5. The minimum atomic E-state index is -3.71. The topological polar surface area (TPSA) is 75.7 Å². The Kier molecular flexibility index (Phi) is 6.19. The van der Waals surface area contributed by atoms with Gasteiger partial charge in [0.2, 0.25) is 0 Å². The molecule has 0 bridgehead atoms. The van der Waals surface area contributed by atoms with Crippen LogP contribution in [0.4, 0.5) is 11.4 Å². The quantitative estimate of drug-likeness (QED) is 0.642. The van der Waals surface area contributed by atoms with Crippen molar-refractivity contribution in [3.63, 3.8) is 0 Å². The van der Waals surface area contributed by atoms with E-state index in [0.717, 1.165) is 5.69 Å². The maximum absolute atomic E-state index is 12.6. The average Bonchev–Trinajstić information content (AvgIpc) is 2.73. The summed E-state index contributed by atoms with van der Waals surface area (Å²) in [5, 5.41) is 0. The van der Waals surface area contributed by atoms with Crippen molar-refractivity contribution in [1.82, 2.24) is 0 Å². The van der Waals surface area contributed by atoms with Crippen LogP contribution in [0.1, 0.15) is 5.56 Å². The van der Waals surface area contributed by atoms with Crippen molar-refractivity contribution in [1.29, 1.82) is 0 Å². The molecule has 3 rings (SSSR count). The number of ether oxygens (including phenoxy) is 1. The molecule has 0 saturated carbocycles. The van der Waals surface area contributed by atoms with Gasteiger partial charge in [0.15, 0.2) is 6.61 Å². The minimum Gasteiger partial charge on any atom is -0.483 e. The fourth-order valence-corrected chi connectivity index (χ4v) is 3.85. The first-order chi connectivity index (χ1) is 13.9. The number of amides is 1. The smallest absolute Gasteiger partial charge is 0.264 e. The Morgan fingerprint density at radius 1 is 0.966 bits per heavy atom. The molecule has 1 N–H and O–H groups in total. The first kappa shape index (κ1) is 20.4. The van der Waals surface area contributed by atoms with Crippen LogP contribution >= 0.6 is 0 Å². The predicted molar refractivity (Wildman–Crippen MR) is 114 cm³/mol. The van der Waals surface area contributed by atoms with Crippen LogP contribution in [0.3, 0.4) is 0 Å².